The molecule has 2 aromatic rings. The molecule has 1 saturated heterocycles. The maximum Gasteiger partial charge on any atom is 0.179 e. The number of Topliss-reactive ketones (excluding diaryl/α,β-unsaturated/α-hetero) is 1. The lowest BCUT2D eigenvalue weighted by molar-refractivity contribution is 0.0823. The van der Waals surface area contributed by atoms with Gasteiger partial charge in [0.2, 0.25) is 0 Å². The lowest BCUT2D eigenvalue weighted by atomic mass is 10.1. The summed E-state index contributed by atoms with van der Waals surface area (Å²) in [6.45, 7) is 6.85. The normalized spacial score (nSPS) is 16.5. The molecule has 0 bridgehead atoms. The summed E-state index contributed by atoms with van der Waals surface area (Å²) in [5.74, 6) is 0.928. The van der Waals surface area contributed by atoms with Crippen molar-refractivity contribution < 1.29 is 14.6 Å². The third-order valence-corrected chi connectivity index (χ3v) is 5.23. The molecular formula is C19H27N3O3. The molecule has 2 heterocycles. The van der Waals surface area contributed by atoms with Crippen LogP contribution in [-0.4, -0.2) is 78.2 Å². The largest absolute Gasteiger partial charge is 0.497 e. The van der Waals surface area contributed by atoms with Crippen molar-refractivity contribution in [3.8, 4) is 5.75 Å². The molecule has 6 nitrogen and oxygen atoms in total. The highest BCUT2D eigenvalue weighted by molar-refractivity contribution is 6.10. The molecule has 0 aliphatic carbocycles. The van der Waals surface area contributed by atoms with Gasteiger partial charge in [0.05, 0.1) is 20.3 Å². The van der Waals surface area contributed by atoms with Gasteiger partial charge in [0.1, 0.15) is 5.75 Å². The number of β-amino-alcohol motifs (C(OH)–C–C–N with tert-alkyl or cyclic N) is 1. The van der Waals surface area contributed by atoms with E-state index in [1.54, 1.807) is 7.11 Å². The van der Waals surface area contributed by atoms with Crippen molar-refractivity contribution in [2.75, 3.05) is 53.0 Å². The van der Waals surface area contributed by atoms with Crippen LogP contribution in [0.1, 0.15) is 16.1 Å². The van der Waals surface area contributed by atoms with Crippen LogP contribution in [0, 0.1) is 6.92 Å². The number of aliphatic hydroxyl groups is 1. The molecule has 0 amide bonds. The van der Waals surface area contributed by atoms with Crippen LogP contribution < -0.4 is 4.74 Å². The summed E-state index contributed by atoms with van der Waals surface area (Å²) in [5, 5.41) is 9.99. The highest BCUT2D eigenvalue weighted by Gasteiger charge is 2.23. The molecule has 1 aromatic heterocycles. The molecule has 25 heavy (non-hydrogen) atoms. The molecule has 1 fully saturated rings. The van der Waals surface area contributed by atoms with E-state index in [-0.39, 0.29) is 12.4 Å². The number of hydrogen-bond acceptors (Lipinski definition) is 5. The van der Waals surface area contributed by atoms with Crippen molar-refractivity contribution in [1.29, 1.82) is 0 Å². The molecule has 6 heteroatoms. The summed E-state index contributed by atoms with van der Waals surface area (Å²) in [6, 6.07) is 5.89. The van der Waals surface area contributed by atoms with E-state index < -0.39 is 0 Å². The molecule has 0 atom stereocenters. The lowest BCUT2D eigenvalue weighted by Crippen LogP contribution is -2.48. The van der Waals surface area contributed by atoms with Crippen molar-refractivity contribution in [3.05, 3.63) is 29.5 Å². The molecule has 1 aliphatic rings. The fraction of sp³-hybridized carbons (Fsp3) is 0.526. The average Bonchev–Trinajstić information content (AvgIpc) is 2.87. The van der Waals surface area contributed by atoms with Gasteiger partial charge in [-0.2, -0.15) is 0 Å². The molecule has 1 N–H and O–H groups in total. The standard InChI is InChI=1S/C19H27N3O3/c1-14-19(16-12-15(25-3)4-5-17(16)20(14)2)18(24)13-22-8-6-21(7-9-22)10-11-23/h4-5,12,23H,6-11,13H2,1-3H3. The van der Waals surface area contributed by atoms with Crippen LogP contribution in [0.15, 0.2) is 18.2 Å². The lowest BCUT2D eigenvalue weighted by Gasteiger charge is -2.33. The molecule has 1 aliphatic heterocycles. The second-order valence-electron chi connectivity index (χ2n) is 6.67. The summed E-state index contributed by atoms with van der Waals surface area (Å²) < 4.78 is 7.40. The number of carbonyl (C=O) groups is 1. The molecule has 0 saturated carbocycles. The summed E-state index contributed by atoms with van der Waals surface area (Å²) in [5.41, 5.74) is 2.84. The number of carbonyl (C=O) groups excluding carboxylic acids is 1. The van der Waals surface area contributed by atoms with E-state index in [1.807, 2.05) is 32.2 Å². The molecule has 136 valence electrons. The molecule has 1 aromatic carbocycles. The fourth-order valence-corrected chi connectivity index (χ4v) is 3.62. The first-order chi connectivity index (χ1) is 12.0. The van der Waals surface area contributed by atoms with Crippen LogP contribution in [0.4, 0.5) is 0 Å². The number of aromatic nitrogens is 1. The maximum atomic E-state index is 13.0. The predicted molar refractivity (Wildman–Crippen MR) is 98.5 cm³/mol. The Labute approximate surface area is 148 Å². The van der Waals surface area contributed by atoms with Gasteiger partial charge in [0.25, 0.3) is 0 Å². The van der Waals surface area contributed by atoms with Crippen molar-refractivity contribution in [3.63, 3.8) is 0 Å². The summed E-state index contributed by atoms with van der Waals surface area (Å²) >= 11 is 0. The molecule has 0 spiro atoms. The van der Waals surface area contributed by atoms with E-state index >= 15 is 0 Å². The summed E-state index contributed by atoms with van der Waals surface area (Å²) in [6.07, 6.45) is 0. The van der Waals surface area contributed by atoms with Gasteiger partial charge in [-0.15, -0.1) is 0 Å². The van der Waals surface area contributed by atoms with E-state index in [1.165, 1.54) is 0 Å². The Morgan fingerprint density at radius 1 is 1.20 bits per heavy atom. The zero-order valence-corrected chi connectivity index (χ0v) is 15.3. The SMILES string of the molecule is COc1ccc2c(c1)c(C(=O)CN1CCN(CCO)CC1)c(C)n2C. The Hall–Kier alpha value is -1.89. The topological polar surface area (TPSA) is 57.9 Å². The minimum absolute atomic E-state index is 0.159. The van der Waals surface area contributed by atoms with Crippen LogP contribution in [-0.2, 0) is 7.05 Å². The Morgan fingerprint density at radius 3 is 2.52 bits per heavy atom. The van der Waals surface area contributed by atoms with Crippen LogP contribution in [0.5, 0.6) is 5.75 Å². The molecule has 3 rings (SSSR count). The average molecular weight is 345 g/mol. The minimum Gasteiger partial charge on any atom is -0.497 e. The van der Waals surface area contributed by atoms with Crippen molar-refractivity contribution in [2.45, 2.75) is 6.92 Å². The van der Waals surface area contributed by atoms with Crippen LogP contribution in [0.25, 0.3) is 10.9 Å². The molecule has 0 unspecified atom stereocenters. The van der Waals surface area contributed by atoms with E-state index in [4.69, 9.17) is 9.84 Å². The van der Waals surface area contributed by atoms with Gasteiger partial charge in [-0.25, -0.2) is 0 Å². The number of aliphatic hydroxyl groups excluding tert-OH is 1. The first-order valence-electron chi connectivity index (χ1n) is 8.77. The zero-order valence-electron chi connectivity index (χ0n) is 15.3. The third-order valence-electron chi connectivity index (χ3n) is 5.23. The number of benzene rings is 1. The monoisotopic (exact) mass is 345 g/mol. The first kappa shape index (κ1) is 17.9. The van der Waals surface area contributed by atoms with Gasteiger partial charge in [-0.05, 0) is 25.1 Å². The number of nitrogens with zero attached hydrogens (tertiary/aromatic N) is 3. The van der Waals surface area contributed by atoms with Crippen LogP contribution in [0.2, 0.25) is 0 Å². The first-order valence-corrected chi connectivity index (χ1v) is 8.77. The number of methoxy groups -OCH3 is 1. The Morgan fingerprint density at radius 2 is 1.88 bits per heavy atom. The second-order valence-corrected chi connectivity index (χ2v) is 6.67. The number of fused-ring (bicyclic) bond motifs is 1. The zero-order chi connectivity index (χ0) is 18.0. The van der Waals surface area contributed by atoms with Gasteiger partial charge < -0.3 is 14.4 Å². The Balaban J connectivity index is 1.79. The van der Waals surface area contributed by atoms with Gasteiger partial charge in [0.15, 0.2) is 5.78 Å². The summed E-state index contributed by atoms with van der Waals surface area (Å²) in [4.78, 5) is 17.5. The van der Waals surface area contributed by atoms with Gasteiger partial charge in [0, 0.05) is 61.9 Å². The quantitative estimate of drug-likeness (QED) is 0.800. The van der Waals surface area contributed by atoms with E-state index in [2.05, 4.69) is 14.4 Å². The molecule has 0 radical (unpaired) electrons. The van der Waals surface area contributed by atoms with E-state index in [0.717, 1.165) is 54.1 Å². The predicted octanol–water partition coefficient (Wildman–Crippen LogP) is 1.29. The van der Waals surface area contributed by atoms with E-state index in [0.29, 0.717) is 13.1 Å². The van der Waals surface area contributed by atoms with Crippen molar-refractivity contribution in [1.82, 2.24) is 14.4 Å². The highest BCUT2D eigenvalue weighted by atomic mass is 16.5. The maximum absolute atomic E-state index is 13.0. The molecular weight excluding hydrogens is 318 g/mol. The highest BCUT2D eigenvalue weighted by Crippen LogP contribution is 2.29. The Kier molecular flexibility index (Phi) is 5.42. The van der Waals surface area contributed by atoms with E-state index in [9.17, 15) is 4.79 Å². The van der Waals surface area contributed by atoms with Crippen molar-refractivity contribution >= 4 is 16.7 Å². The summed E-state index contributed by atoms with van der Waals surface area (Å²) in [7, 11) is 3.64. The fourth-order valence-electron chi connectivity index (χ4n) is 3.62. The van der Waals surface area contributed by atoms with Crippen molar-refractivity contribution in [2.24, 2.45) is 7.05 Å². The van der Waals surface area contributed by atoms with Gasteiger partial charge >= 0.3 is 0 Å². The number of rotatable bonds is 6. The number of ketones is 1. The number of ether oxygens (including phenoxy) is 1. The number of hydrogen-bond donors (Lipinski definition) is 1. The van der Waals surface area contributed by atoms with Gasteiger partial charge in [-0.1, -0.05) is 0 Å². The second kappa shape index (κ2) is 7.56. The number of aryl methyl sites for hydroxylation is 1. The van der Waals surface area contributed by atoms with Crippen LogP contribution in [0.3, 0.4) is 0 Å². The minimum atomic E-state index is 0.159. The van der Waals surface area contributed by atoms with Crippen LogP contribution >= 0.6 is 0 Å². The number of piperazine rings is 1. The third kappa shape index (κ3) is 3.56. The Bertz CT molecular complexity index is 761. The van der Waals surface area contributed by atoms with Gasteiger partial charge in [-0.3, -0.25) is 14.6 Å². The smallest absolute Gasteiger partial charge is 0.179 e.